The van der Waals surface area contributed by atoms with Gasteiger partial charge >= 0.3 is 5.97 Å². The molecule has 5 nitrogen and oxygen atoms in total. The van der Waals surface area contributed by atoms with Crippen LogP contribution >= 0.6 is 0 Å². The number of anilines is 2. The Labute approximate surface area is 224 Å². The molecule has 1 saturated carbocycles. The maximum absolute atomic E-state index is 13.9. The van der Waals surface area contributed by atoms with E-state index in [0.29, 0.717) is 6.54 Å². The predicted octanol–water partition coefficient (Wildman–Crippen LogP) is 7.38. The molecule has 5 rings (SSSR count). The molecule has 1 N–H and O–H groups in total. The van der Waals surface area contributed by atoms with Crippen molar-refractivity contribution in [2.24, 2.45) is 5.92 Å². The SMILES string of the molecule is CN(C)c1ccc(-c2ccc(CN(C(=O)C3CCCCC3)c3cccc4cc(C(=O)O)ccc34)cc2)cc1. The van der Waals surface area contributed by atoms with Crippen molar-refractivity contribution in [3.63, 3.8) is 0 Å². The summed E-state index contributed by atoms with van der Waals surface area (Å²) in [6.07, 6.45) is 5.20. The summed E-state index contributed by atoms with van der Waals surface area (Å²) in [4.78, 5) is 29.5. The van der Waals surface area contributed by atoms with Crippen LogP contribution in [0, 0.1) is 5.92 Å². The van der Waals surface area contributed by atoms with Gasteiger partial charge in [-0.1, -0.05) is 73.9 Å². The minimum atomic E-state index is -0.955. The zero-order valence-corrected chi connectivity index (χ0v) is 22.1. The number of amides is 1. The van der Waals surface area contributed by atoms with Gasteiger partial charge in [-0.25, -0.2) is 4.79 Å². The molecule has 5 heteroatoms. The minimum absolute atomic E-state index is 0.0202. The zero-order valence-electron chi connectivity index (χ0n) is 22.1. The molecule has 4 aromatic carbocycles. The Morgan fingerprint density at radius 1 is 0.816 bits per heavy atom. The van der Waals surface area contributed by atoms with Crippen LogP contribution < -0.4 is 9.80 Å². The Hall–Kier alpha value is -4.12. The molecule has 0 unspecified atom stereocenters. The smallest absolute Gasteiger partial charge is 0.335 e. The fourth-order valence-electron chi connectivity index (χ4n) is 5.42. The minimum Gasteiger partial charge on any atom is -0.478 e. The van der Waals surface area contributed by atoms with Crippen LogP contribution in [-0.2, 0) is 11.3 Å². The Bertz CT molecular complexity index is 1440. The van der Waals surface area contributed by atoms with Crippen molar-refractivity contribution in [2.45, 2.75) is 38.6 Å². The summed E-state index contributed by atoms with van der Waals surface area (Å²) in [6.45, 7) is 0.467. The van der Waals surface area contributed by atoms with Crippen LogP contribution in [0.5, 0.6) is 0 Å². The molecule has 0 spiro atoms. The molecule has 38 heavy (non-hydrogen) atoms. The molecule has 1 aliphatic rings. The summed E-state index contributed by atoms with van der Waals surface area (Å²) in [5.41, 5.74) is 5.58. The summed E-state index contributed by atoms with van der Waals surface area (Å²) in [5, 5.41) is 11.2. The molecule has 0 atom stereocenters. The lowest BCUT2D eigenvalue weighted by Crippen LogP contribution is -2.36. The summed E-state index contributed by atoms with van der Waals surface area (Å²) in [6, 6.07) is 27.8. The second kappa shape index (κ2) is 11.1. The van der Waals surface area contributed by atoms with Gasteiger partial charge in [0.2, 0.25) is 5.91 Å². The molecule has 0 saturated heterocycles. The maximum Gasteiger partial charge on any atom is 0.335 e. The number of benzene rings is 4. The molecular weight excluding hydrogens is 472 g/mol. The average Bonchev–Trinajstić information content (AvgIpc) is 2.96. The first kappa shape index (κ1) is 25.5. The zero-order chi connectivity index (χ0) is 26.6. The van der Waals surface area contributed by atoms with Gasteiger partial charge in [0.1, 0.15) is 0 Å². The molecule has 1 amide bonds. The molecule has 0 aliphatic heterocycles. The van der Waals surface area contributed by atoms with Crippen molar-refractivity contribution in [3.8, 4) is 11.1 Å². The number of hydrogen-bond acceptors (Lipinski definition) is 3. The van der Waals surface area contributed by atoms with Crippen LogP contribution in [0.4, 0.5) is 11.4 Å². The van der Waals surface area contributed by atoms with E-state index in [2.05, 4.69) is 53.4 Å². The topological polar surface area (TPSA) is 60.9 Å². The first-order chi connectivity index (χ1) is 18.4. The third kappa shape index (κ3) is 5.42. The van der Waals surface area contributed by atoms with Crippen molar-refractivity contribution in [1.82, 2.24) is 0 Å². The molecule has 4 aromatic rings. The Morgan fingerprint density at radius 2 is 1.47 bits per heavy atom. The highest BCUT2D eigenvalue weighted by atomic mass is 16.4. The molecule has 0 bridgehead atoms. The lowest BCUT2D eigenvalue weighted by molar-refractivity contribution is -0.123. The number of nitrogens with zero attached hydrogens (tertiary/aromatic N) is 2. The van der Waals surface area contributed by atoms with E-state index in [1.54, 1.807) is 12.1 Å². The van der Waals surface area contributed by atoms with E-state index in [0.717, 1.165) is 64.5 Å². The normalized spacial score (nSPS) is 13.8. The summed E-state index contributed by atoms with van der Waals surface area (Å²) >= 11 is 0. The van der Waals surface area contributed by atoms with E-state index < -0.39 is 5.97 Å². The number of rotatable bonds is 7. The van der Waals surface area contributed by atoms with Crippen LogP contribution in [0.2, 0.25) is 0 Å². The van der Waals surface area contributed by atoms with Gasteiger partial charge < -0.3 is 14.9 Å². The number of hydrogen-bond donors (Lipinski definition) is 1. The molecule has 1 aliphatic carbocycles. The van der Waals surface area contributed by atoms with E-state index in [-0.39, 0.29) is 17.4 Å². The second-order valence-electron chi connectivity index (χ2n) is 10.4. The van der Waals surface area contributed by atoms with E-state index in [1.807, 2.05) is 43.3 Å². The van der Waals surface area contributed by atoms with Gasteiger partial charge in [-0.2, -0.15) is 0 Å². The van der Waals surface area contributed by atoms with Gasteiger partial charge in [-0.15, -0.1) is 0 Å². The van der Waals surface area contributed by atoms with Gasteiger partial charge in [0.15, 0.2) is 0 Å². The van der Waals surface area contributed by atoms with E-state index in [1.165, 1.54) is 6.42 Å². The number of fused-ring (bicyclic) bond motifs is 1. The molecule has 1 fully saturated rings. The van der Waals surface area contributed by atoms with Gasteiger partial charge in [-0.3, -0.25) is 4.79 Å². The molecule has 194 valence electrons. The predicted molar refractivity (Wildman–Crippen MR) is 155 cm³/mol. The number of carbonyl (C=O) groups excluding carboxylic acids is 1. The average molecular weight is 507 g/mol. The van der Waals surface area contributed by atoms with Crippen molar-refractivity contribution in [3.05, 3.63) is 96.1 Å². The summed E-state index contributed by atoms with van der Waals surface area (Å²) in [7, 11) is 4.07. The monoisotopic (exact) mass is 506 g/mol. The number of carboxylic acids is 1. The third-order valence-electron chi connectivity index (χ3n) is 7.63. The van der Waals surface area contributed by atoms with Gasteiger partial charge in [0.25, 0.3) is 0 Å². The standard InChI is InChI=1S/C33H34N2O3/c1-34(2)29-18-15-25(16-19-29)24-13-11-23(12-14-24)22-35(32(36)26-7-4-3-5-8-26)31-10-6-9-27-21-28(33(37)38)17-20-30(27)31/h6,9-21,26H,3-5,7-8,22H2,1-2H3,(H,37,38). The quantitative estimate of drug-likeness (QED) is 0.284. The second-order valence-corrected chi connectivity index (χ2v) is 10.4. The lowest BCUT2D eigenvalue weighted by atomic mass is 9.88. The van der Waals surface area contributed by atoms with Crippen molar-refractivity contribution in [2.75, 3.05) is 23.9 Å². The Balaban J connectivity index is 1.47. The highest BCUT2D eigenvalue weighted by Crippen LogP contribution is 2.33. The molecule has 0 aromatic heterocycles. The van der Waals surface area contributed by atoms with Crippen molar-refractivity contribution in [1.29, 1.82) is 0 Å². The van der Waals surface area contributed by atoms with Crippen LogP contribution in [0.15, 0.2) is 84.9 Å². The Morgan fingerprint density at radius 3 is 2.11 bits per heavy atom. The van der Waals surface area contributed by atoms with E-state index in [9.17, 15) is 14.7 Å². The van der Waals surface area contributed by atoms with Crippen LogP contribution in [0.3, 0.4) is 0 Å². The van der Waals surface area contributed by atoms with E-state index in [4.69, 9.17) is 0 Å². The van der Waals surface area contributed by atoms with Crippen molar-refractivity contribution < 1.29 is 14.7 Å². The van der Waals surface area contributed by atoms with E-state index >= 15 is 0 Å². The van der Waals surface area contributed by atoms with Gasteiger partial charge in [0.05, 0.1) is 17.8 Å². The molecule has 0 radical (unpaired) electrons. The third-order valence-corrected chi connectivity index (χ3v) is 7.63. The lowest BCUT2D eigenvalue weighted by Gasteiger charge is -2.30. The molecule has 0 heterocycles. The highest BCUT2D eigenvalue weighted by molar-refractivity contribution is 6.06. The van der Waals surface area contributed by atoms with Crippen molar-refractivity contribution >= 4 is 34.0 Å². The first-order valence-electron chi connectivity index (χ1n) is 13.3. The number of aromatic carboxylic acids is 1. The Kier molecular flexibility index (Phi) is 7.45. The fourth-order valence-corrected chi connectivity index (χ4v) is 5.42. The fraction of sp³-hybridized carbons (Fsp3) is 0.273. The molecular formula is C33H34N2O3. The summed E-state index contributed by atoms with van der Waals surface area (Å²) < 4.78 is 0. The first-order valence-corrected chi connectivity index (χ1v) is 13.3. The van der Waals surface area contributed by atoms with Crippen LogP contribution in [0.1, 0.15) is 48.0 Å². The summed E-state index contributed by atoms with van der Waals surface area (Å²) in [5.74, 6) is -0.779. The number of carbonyl (C=O) groups is 2. The van der Waals surface area contributed by atoms with Gasteiger partial charge in [-0.05, 0) is 65.3 Å². The number of carboxylic acid groups (broad SMARTS) is 1. The highest BCUT2D eigenvalue weighted by Gasteiger charge is 2.28. The largest absolute Gasteiger partial charge is 0.478 e. The van der Waals surface area contributed by atoms with Crippen LogP contribution in [0.25, 0.3) is 21.9 Å². The van der Waals surface area contributed by atoms with Crippen LogP contribution in [-0.4, -0.2) is 31.1 Å². The maximum atomic E-state index is 13.9. The van der Waals surface area contributed by atoms with Gasteiger partial charge in [0, 0.05) is 31.1 Å².